The van der Waals surface area contributed by atoms with Gasteiger partial charge in [0.05, 0.1) is 0 Å². The van der Waals surface area contributed by atoms with Crippen molar-refractivity contribution < 1.29 is 0 Å². The Hall–Kier alpha value is -1.56. The van der Waals surface area contributed by atoms with Crippen LogP contribution in [0.4, 0.5) is 0 Å². The molecule has 2 aliphatic carbocycles. The zero-order valence-corrected chi connectivity index (χ0v) is 23.7. The van der Waals surface area contributed by atoms with Crippen molar-refractivity contribution >= 4 is 0 Å². The van der Waals surface area contributed by atoms with Crippen LogP contribution >= 0.6 is 0 Å². The summed E-state index contributed by atoms with van der Waals surface area (Å²) < 4.78 is 0. The third-order valence-electron chi connectivity index (χ3n) is 9.72. The van der Waals surface area contributed by atoms with Crippen molar-refractivity contribution in [2.75, 3.05) is 0 Å². The maximum atomic E-state index is 2.41. The normalized spacial score (nSPS) is 24.6. The molecule has 0 amide bonds. The molecule has 0 unspecified atom stereocenters. The van der Waals surface area contributed by atoms with E-state index in [1.807, 2.05) is 0 Å². The molecule has 0 heteroatoms. The Balaban J connectivity index is 1.14. The van der Waals surface area contributed by atoms with E-state index in [-0.39, 0.29) is 0 Å². The number of hydrogen-bond acceptors (Lipinski definition) is 0. The van der Waals surface area contributed by atoms with Crippen LogP contribution in [0.2, 0.25) is 0 Å². The summed E-state index contributed by atoms with van der Waals surface area (Å²) in [6, 6.07) is 19.0. The molecule has 36 heavy (non-hydrogen) atoms. The van der Waals surface area contributed by atoms with Crippen molar-refractivity contribution in [3.05, 3.63) is 59.7 Å². The molecular formula is C36H54. The molecule has 0 N–H and O–H groups in total. The third kappa shape index (κ3) is 8.49. The van der Waals surface area contributed by atoms with Gasteiger partial charge < -0.3 is 0 Å². The van der Waals surface area contributed by atoms with E-state index in [0.29, 0.717) is 0 Å². The van der Waals surface area contributed by atoms with Gasteiger partial charge in [0, 0.05) is 0 Å². The fourth-order valence-corrected chi connectivity index (χ4v) is 7.26. The van der Waals surface area contributed by atoms with Crippen LogP contribution in [0.25, 0.3) is 11.1 Å². The second-order valence-electron chi connectivity index (χ2n) is 12.5. The lowest BCUT2D eigenvalue weighted by atomic mass is 9.77. The van der Waals surface area contributed by atoms with Gasteiger partial charge in [0.15, 0.2) is 0 Å². The third-order valence-corrected chi connectivity index (χ3v) is 9.72. The first-order chi connectivity index (χ1) is 17.7. The Morgan fingerprint density at radius 3 is 1.56 bits per heavy atom. The van der Waals surface area contributed by atoms with Gasteiger partial charge in [-0.15, -0.1) is 0 Å². The summed E-state index contributed by atoms with van der Waals surface area (Å²) in [6.07, 6.45) is 25.7. The Morgan fingerprint density at radius 2 is 1.00 bits per heavy atom. The standard InChI is InChI=1S/C36H54/c1-3-5-6-10-30-13-15-31(16-14-30)11-7-8-12-32-19-23-34(24-20-32)36-27-25-35(26-28-36)33-21-17-29(9-4-2)18-22-33/h19-20,23-31,33H,3-18,21-22H2,1-2H3. The van der Waals surface area contributed by atoms with E-state index in [2.05, 4.69) is 62.4 Å². The molecule has 0 saturated heterocycles. The smallest absolute Gasteiger partial charge is 0.0162 e. The van der Waals surface area contributed by atoms with Crippen molar-refractivity contribution in [3.8, 4) is 11.1 Å². The molecule has 4 rings (SSSR count). The predicted molar refractivity (Wildman–Crippen MR) is 159 cm³/mol. The molecule has 2 saturated carbocycles. The van der Waals surface area contributed by atoms with E-state index >= 15 is 0 Å². The SMILES string of the molecule is CCCCCC1CCC(CCCCc2ccc(-c3ccc(C4CCC(CCC)CC4)cc3)cc2)CC1. The van der Waals surface area contributed by atoms with E-state index in [9.17, 15) is 0 Å². The number of aryl methyl sites for hydroxylation is 1. The zero-order chi connectivity index (χ0) is 25.0. The molecular weight excluding hydrogens is 432 g/mol. The molecule has 2 aromatic carbocycles. The second kappa shape index (κ2) is 15.0. The average molecular weight is 487 g/mol. The van der Waals surface area contributed by atoms with Gasteiger partial charge in [0.25, 0.3) is 0 Å². The van der Waals surface area contributed by atoms with Gasteiger partial charge in [-0.25, -0.2) is 0 Å². The summed E-state index contributed by atoms with van der Waals surface area (Å²) in [5.41, 5.74) is 5.82. The van der Waals surface area contributed by atoms with E-state index in [4.69, 9.17) is 0 Å². The lowest BCUT2D eigenvalue weighted by Gasteiger charge is -2.28. The van der Waals surface area contributed by atoms with E-state index in [0.717, 1.165) is 23.7 Å². The molecule has 198 valence electrons. The summed E-state index contributed by atoms with van der Waals surface area (Å²) in [5, 5.41) is 0. The molecule has 2 aromatic rings. The number of benzene rings is 2. The fraction of sp³-hybridized carbons (Fsp3) is 0.667. The highest BCUT2D eigenvalue weighted by atomic mass is 14.3. The first-order valence-electron chi connectivity index (χ1n) is 15.9. The Kier molecular flexibility index (Phi) is 11.4. The topological polar surface area (TPSA) is 0 Å². The van der Waals surface area contributed by atoms with Crippen LogP contribution in [0, 0.1) is 17.8 Å². The summed E-state index contributed by atoms with van der Waals surface area (Å²) in [7, 11) is 0. The number of hydrogen-bond donors (Lipinski definition) is 0. The Bertz CT molecular complexity index is 829. The van der Waals surface area contributed by atoms with Gasteiger partial charge in [0.2, 0.25) is 0 Å². The van der Waals surface area contributed by atoms with Gasteiger partial charge in [-0.2, -0.15) is 0 Å². The first kappa shape index (κ1) is 27.5. The molecule has 0 aromatic heterocycles. The number of unbranched alkanes of at least 4 members (excludes halogenated alkanes) is 3. The quantitative estimate of drug-likeness (QED) is 0.247. The zero-order valence-electron chi connectivity index (χ0n) is 23.7. The number of rotatable bonds is 13. The van der Waals surface area contributed by atoms with Crippen molar-refractivity contribution in [2.45, 2.75) is 135 Å². The van der Waals surface area contributed by atoms with Crippen molar-refractivity contribution in [1.29, 1.82) is 0 Å². The average Bonchev–Trinajstić information content (AvgIpc) is 2.93. The summed E-state index contributed by atoms with van der Waals surface area (Å²) in [4.78, 5) is 0. The van der Waals surface area contributed by atoms with Crippen molar-refractivity contribution in [2.24, 2.45) is 17.8 Å². The van der Waals surface area contributed by atoms with E-state index in [1.165, 1.54) is 132 Å². The first-order valence-corrected chi connectivity index (χ1v) is 15.9. The van der Waals surface area contributed by atoms with Crippen molar-refractivity contribution in [1.82, 2.24) is 0 Å². The van der Waals surface area contributed by atoms with Gasteiger partial charge in [0.1, 0.15) is 0 Å². The van der Waals surface area contributed by atoms with Crippen molar-refractivity contribution in [3.63, 3.8) is 0 Å². The van der Waals surface area contributed by atoms with Gasteiger partial charge >= 0.3 is 0 Å². The highest BCUT2D eigenvalue weighted by Gasteiger charge is 2.22. The summed E-state index contributed by atoms with van der Waals surface area (Å²) in [6.45, 7) is 4.65. The van der Waals surface area contributed by atoms with Crippen LogP contribution in [0.5, 0.6) is 0 Å². The summed E-state index contributed by atoms with van der Waals surface area (Å²) >= 11 is 0. The van der Waals surface area contributed by atoms with Crippen LogP contribution in [-0.4, -0.2) is 0 Å². The van der Waals surface area contributed by atoms with Crippen LogP contribution in [0.1, 0.15) is 140 Å². The lowest BCUT2D eigenvalue weighted by molar-refractivity contribution is 0.245. The largest absolute Gasteiger partial charge is 0.0654 e. The highest BCUT2D eigenvalue weighted by Crippen LogP contribution is 2.38. The minimum atomic E-state index is 0.787. The maximum Gasteiger partial charge on any atom is -0.0162 e. The van der Waals surface area contributed by atoms with Crippen LogP contribution < -0.4 is 0 Å². The molecule has 0 spiro atoms. The maximum absolute atomic E-state index is 2.41. The fourth-order valence-electron chi connectivity index (χ4n) is 7.26. The molecule has 2 aliphatic rings. The van der Waals surface area contributed by atoms with Crippen LogP contribution in [0.3, 0.4) is 0 Å². The van der Waals surface area contributed by atoms with E-state index in [1.54, 1.807) is 5.56 Å². The van der Waals surface area contributed by atoms with Gasteiger partial charge in [-0.3, -0.25) is 0 Å². The van der Waals surface area contributed by atoms with Gasteiger partial charge in [-0.05, 0) is 84.5 Å². The van der Waals surface area contributed by atoms with Crippen LogP contribution in [-0.2, 0) is 6.42 Å². The molecule has 2 fully saturated rings. The molecule has 0 heterocycles. The summed E-state index contributed by atoms with van der Waals surface area (Å²) in [5.74, 6) is 3.84. The molecule has 0 nitrogen and oxygen atoms in total. The molecule has 0 bridgehead atoms. The highest BCUT2D eigenvalue weighted by molar-refractivity contribution is 5.64. The second-order valence-corrected chi connectivity index (χ2v) is 12.5. The molecule has 0 atom stereocenters. The Morgan fingerprint density at radius 1 is 0.500 bits per heavy atom. The lowest BCUT2D eigenvalue weighted by Crippen LogP contribution is -2.14. The minimum absolute atomic E-state index is 0.787. The minimum Gasteiger partial charge on any atom is -0.0654 e. The molecule has 0 aliphatic heterocycles. The van der Waals surface area contributed by atoms with Gasteiger partial charge in [-0.1, -0.05) is 139 Å². The van der Waals surface area contributed by atoms with E-state index < -0.39 is 0 Å². The molecule has 0 radical (unpaired) electrons. The monoisotopic (exact) mass is 486 g/mol. The Labute approximate surface area is 223 Å². The van der Waals surface area contributed by atoms with Crippen LogP contribution in [0.15, 0.2) is 48.5 Å². The predicted octanol–water partition coefficient (Wildman–Crippen LogP) is 11.5.